The van der Waals surface area contributed by atoms with Crippen LogP contribution in [0.25, 0.3) is 6.08 Å². The lowest BCUT2D eigenvalue weighted by Crippen LogP contribution is -2.03. The van der Waals surface area contributed by atoms with Crippen LogP contribution in [0, 0.1) is 0 Å². The summed E-state index contributed by atoms with van der Waals surface area (Å²) in [4.78, 5) is 0. The number of hydrogen-bond acceptors (Lipinski definition) is 3. The molecule has 1 N–H and O–H groups in total. The number of aromatic nitrogens is 2. The molecule has 78 valence electrons. The van der Waals surface area contributed by atoms with Gasteiger partial charge in [0.25, 0.3) is 0 Å². The Kier molecular flexibility index (Phi) is 2.88. The van der Waals surface area contributed by atoms with Gasteiger partial charge in [-0.15, -0.1) is 0 Å². The molecule has 2 heterocycles. The molecule has 0 spiro atoms. The van der Waals surface area contributed by atoms with Gasteiger partial charge in [0.2, 0.25) is 0 Å². The van der Waals surface area contributed by atoms with Crippen molar-refractivity contribution in [3.05, 3.63) is 42.5 Å². The molecule has 0 amide bonds. The Hall–Kier alpha value is -1.97. The van der Waals surface area contributed by atoms with Crippen LogP contribution in [0.2, 0.25) is 0 Å². The molecule has 0 saturated carbocycles. The fourth-order valence-electron chi connectivity index (χ4n) is 1.27. The Labute approximate surface area is 88.2 Å². The molecule has 0 radical (unpaired) electrons. The molecule has 0 aliphatic carbocycles. The summed E-state index contributed by atoms with van der Waals surface area (Å²) >= 11 is 0. The average Bonchev–Trinajstić information content (AvgIpc) is 2.85. The Morgan fingerprint density at radius 1 is 1.53 bits per heavy atom. The van der Waals surface area contributed by atoms with E-state index in [1.165, 1.54) is 0 Å². The third-order valence-corrected chi connectivity index (χ3v) is 2.05. The lowest BCUT2D eigenvalue weighted by molar-refractivity contribution is 0.557. The number of nitrogens with one attached hydrogen (secondary N) is 1. The van der Waals surface area contributed by atoms with Gasteiger partial charge in [0.15, 0.2) is 0 Å². The summed E-state index contributed by atoms with van der Waals surface area (Å²) in [7, 11) is 1.90. The molecule has 0 unspecified atom stereocenters. The van der Waals surface area contributed by atoms with E-state index in [2.05, 4.69) is 10.4 Å². The first-order valence-corrected chi connectivity index (χ1v) is 4.78. The zero-order valence-corrected chi connectivity index (χ0v) is 8.55. The van der Waals surface area contributed by atoms with Crippen LogP contribution in [0.4, 0.5) is 5.82 Å². The fraction of sp³-hybridized carbons (Fsp3) is 0.182. The second kappa shape index (κ2) is 4.50. The minimum Gasteiger partial charge on any atom is -0.465 e. The molecule has 2 aromatic rings. The van der Waals surface area contributed by atoms with Gasteiger partial charge in [0.05, 0.1) is 12.5 Å². The van der Waals surface area contributed by atoms with E-state index >= 15 is 0 Å². The Bertz CT molecular complexity index is 428. The van der Waals surface area contributed by atoms with Crippen LogP contribution < -0.4 is 5.32 Å². The van der Waals surface area contributed by atoms with E-state index in [0.717, 1.165) is 18.1 Å². The van der Waals surface area contributed by atoms with Crippen molar-refractivity contribution in [1.29, 1.82) is 0 Å². The molecule has 0 fully saturated rings. The number of furan rings is 1. The Morgan fingerprint density at radius 3 is 3.13 bits per heavy atom. The monoisotopic (exact) mass is 203 g/mol. The van der Waals surface area contributed by atoms with Gasteiger partial charge in [0.1, 0.15) is 11.6 Å². The molecule has 0 bridgehead atoms. The summed E-state index contributed by atoms with van der Waals surface area (Å²) in [5.41, 5.74) is 0. The Morgan fingerprint density at radius 2 is 2.47 bits per heavy atom. The Balaban J connectivity index is 1.83. The van der Waals surface area contributed by atoms with Gasteiger partial charge in [0, 0.05) is 19.7 Å². The van der Waals surface area contributed by atoms with Crippen molar-refractivity contribution in [2.75, 3.05) is 11.9 Å². The zero-order valence-electron chi connectivity index (χ0n) is 8.55. The summed E-state index contributed by atoms with van der Waals surface area (Å²) in [6.07, 6.45) is 7.36. The van der Waals surface area contributed by atoms with Crippen LogP contribution in [0.1, 0.15) is 5.76 Å². The third-order valence-electron chi connectivity index (χ3n) is 2.05. The topological polar surface area (TPSA) is 43.0 Å². The number of aryl methyl sites for hydroxylation is 1. The summed E-state index contributed by atoms with van der Waals surface area (Å²) in [5, 5.41) is 7.28. The molecule has 0 aliphatic rings. The van der Waals surface area contributed by atoms with Gasteiger partial charge in [-0.05, 0) is 18.2 Å². The van der Waals surface area contributed by atoms with Gasteiger partial charge in [-0.1, -0.05) is 6.08 Å². The lowest BCUT2D eigenvalue weighted by atomic mass is 10.4. The summed E-state index contributed by atoms with van der Waals surface area (Å²) in [6.45, 7) is 0.750. The first-order valence-electron chi connectivity index (χ1n) is 4.78. The maximum Gasteiger partial charge on any atom is 0.126 e. The van der Waals surface area contributed by atoms with Crippen molar-refractivity contribution in [2.45, 2.75) is 0 Å². The van der Waals surface area contributed by atoms with E-state index < -0.39 is 0 Å². The number of rotatable bonds is 4. The van der Waals surface area contributed by atoms with Crippen molar-refractivity contribution in [3.8, 4) is 0 Å². The maximum absolute atomic E-state index is 5.16. The van der Waals surface area contributed by atoms with Crippen LogP contribution in [0.15, 0.2) is 41.2 Å². The average molecular weight is 203 g/mol. The molecule has 0 saturated heterocycles. The van der Waals surface area contributed by atoms with Crippen molar-refractivity contribution >= 4 is 11.9 Å². The second-order valence-electron chi connectivity index (χ2n) is 3.14. The van der Waals surface area contributed by atoms with E-state index in [9.17, 15) is 0 Å². The second-order valence-corrected chi connectivity index (χ2v) is 3.14. The molecule has 0 aromatic carbocycles. The van der Waals surface area contributed by atoms with Gasteiger partial charge in [-0.3, -0.25) is 4.68 Å². The van der Waals surface area contributed by atoms with Crippen molar-refractivity contribution in [2.24, 2.45) is 7.05 Å². The van der Waals surface area contributed by atoms with Crippen LogP contribution in [-0.2, 0) is 7.05 Å². The molecule has 0 atom stereocenters. The van der Waals surface area contributed by atoms with Gasteiger partial charge < -0.3 is 9.73 Å². The minimum absolute atomic E-state index is 0.750. The van der Waals surface area contributed by atoms with E-state index in [1.807, 2.05) is 37.4 Å². The standard InChI is InChI=1S/C11H13N3O/c1-14-11(6-8-13-14)12-7-2-4-10-5-3-9-15-10/h2-6,8-9,12H,7H2,1H3/b4-2+. The van der Waals surface area contributed by atoms with Crippen molar-refractivity contribution in [3.63, 3.8) is 0 Å². The predicted molar refractivity (Wildman–Crippen MR) is 59.4 cm³/mol. The first kappa shape index (κ1) is 9.58. The van der Waals surface area contributed by atoms with E-state index in [0.29, 0.717) is 0 Å². The molecular weight excluding hydrogens is 190 g/mol. The van der Waals surface area contributed by atoms with Gasteiger partial charge in [-0.2, -0.15) is 5.10 Å². The van der Waals surface area contributed by atoms with Crippen molar-refractivity contribution in [1.82, 2.24) is 9.78 Å². The van der Waals surface area contributed by atoms with E-state index in [1.54, 1.807) is 17.1 Å². The lowest BCUT2D eigenvalue weighted by Gasteiger charge is -2.01. The molecule has 2 rings (SSSR count). The molecule has 0 aliphatic heterocycles. The highest BCUT2D eigenvalue weighted by molar-refractivity contribution is 5.44. The third kappa shape index (κ3) is 2.49. The van der Waals surface area contributed by atoms with Crippen LogP contribution in [0.3, 0.4) is 0 Å². The number of hydrogen-bond donors (Lipinski definition) is 1. The highest BCUT2D eigenvalue weighted by Gasteiger charge is 1.93. The fourth-order valence-corrected chi connectivity index (χ4v) is 1.27. The number of nitrogens with zero attached hydrogens (tertiary/aromatic N) is 2. The molecule has 2 aromatic heterocycles. The maximum atomic E-state index is 5.16. The van der Waals surface area contributed by atoms with E-state index in [4.69, 9.17) is 4.42 Å². The van der Waals surface area contributed by atoms with Crippen LogP contribution in [-0.4, -0.2) is 16.3 Å². The normalized spacial score (nSPS) is 11.0. The van der Waals surface area contributed by atoms with Crippen molar-refractivity contribution < 1.29 is 4.42 Å². The number of anilines is 1. The summed E-state index contributed by atoms with van der Waals surface area (Å²) in [6, 6.07) is 5.72. The highest BCUT2D eigenvalue weighted by atomic mass is 16.3. The quantitative estimate of drug-likeness (QED) is 0.827. The minimum atomic E-state index is 0.750. The van der Waals surface area contributed by atoms with Gasteiger partial charge >= 0.3 is 0 Å². The first-order chi connectivity index (χ1) is 7.36. The van der Waals surface area contributed by atoms with Crippen LogP contribution in [0.5, 0.6) is 0 Å². The summed E-state index contributed by atoms with van der Waals surface area (Å²) < 4.78 is 6.95. The smallest absolute Gasteiger partial charge is 0.126 e. The van der Waals surface area contributed by atoms with Gasteiger partial charge in [-0.25, -0.2) is 0 Å². The zero-order chi connectivity index (χ0) is 10.5. The van der Waals surface area contributed by atoms with Crippen LogP contribution >= 0.6 is 0 Å². The molecule has 4 heteroatoms. The molecule has 15 heavy (non-hydrogen) atoms. The van der Waals surface area contributed by atoms with E-state index in [-0.39, 0.29) is 0 Å². The SMILES string of the molecule is Cn1nccc1NC/C=C/c1ccco1. The predicted octanol–water partition coefficient (Wildman–Crippen LogP) is 2.14. The molecular formula is C11H13N3O. The summed E-state index contributed by atoms with van der Waals surface area (Å²) in [5.74, 6) is 1.86. The molecule has 4 nitrogen and oxygen atoms in total. The highest BCUT2D eigenvalue weighted by Crippen LogP contribution is 2.04. The largest absolute Gasteiger partial charge is 0.465 e.